The fourth-order valence-electron chi connectivity index (χ4n) is 1.71. The summed E-state index contributed by atoms with van der Waals surface area (Å²) in [6.07, 6.45) is 2.41. The lowest BCUT2D eigenvalue weighted by Gasteiger charge is -2.31. The largest absolute Gasteiger partial charge is 0.478 e. The number of rotatable bonds is 6. The van der Waals surface area contributed by atoms with Crippen LogP contribution in [0.4, 0.5) is 5.82 Å². The Labute approximate surface area is 109 Å². The van der Waals surface area contributed by atoms with E-state index in [1.165, 1.54) is 6.33 Å². The van der Waals surface area contributed by atoms with Crippen LogP contribution in [-0.4, -0.2) is 29.2 Å². The standard InChI is InChI=1S/C13H24N4O/c1-5-18-12-8-11(15-9-16-12)17-10(6-7-14)13(2,3)4/h8-10H,5-7,14H2,1-4H3,(H,15,16,17). The molecule has 3 N–H and O–H groups in total. The third kappa shape index (κ3) is 4.49. The van der Waals surface area contributed by atoms with E-state index < -0.39 is 0 Å². The van der Waals surface area contributed by atoms with Gasteiger partial charge in [-0.2, -0.15) is 0 Å². The average molecular weight is 252 g/mol. The highest BCUT2D eigenvalue weighted by Crippen LogP contribution is 2.25. The molecule has 0 radical (unpaired) electrons. The fourth-order valence-corrected chi connectivity index (χ4v) is 1.71. The van der Waals surface area contributed by atoms with Gasteiger partial charge in [0.2, 0.25) is 5.88 Å². The van der Waals surface area contributed by atoms with E-state index in [0.29, 0.717) is 19.0 Å². The predicted molar refractivity (Wildman–Crippen MR) is 73.7 cm³/mol. The zero-order valence-electron chi connectivity index (χ0n) is 11.7. The van der Waals surface area contributed by atoms with Gasteiger partial charge in [0.25, 0.3) is 0 Å². The highest BCUT2D eigenvalue weighted by atomic mass is 16.5. The van der Waals surface area contributed by atoms with Gasteiger partial charge in [-0.25, -0.2) is 9.97 Å². The Morgan fingerprint density at radius 3 is 2.67 bits per heavy atom. The third-order valence-electron chi connectivity index (χ3n) is 2.76. The van der Waals surface area contributed by atoms with Crippen LogP contribution in [-0.2, 0) is 0 Å². The van der Waals surface area contributed by atoms with Gasteiger partial charge in [-0.05, 0) is 25.3 Å². The molecule has 1 heterocycles. The summed E-state index contributed by atoms with van der Waals surface area (Å²) in [5, 5.41) is 3.41. The second kappa shape index (κ2) is 6.54. The summed E-state index contributed by atoms with van der Waals surface area (Å²) >= 11 is 0. The highest BCUT2D eigenvalue weighted by molar-refractivity contribution is 5.38. The molecular formula is C13H24N4O. The summed E-state index contributed by atoms with van der Waals surface area (Å²) in [4.78, 5) is 8.26. The molecule has 0 spiro atoms. The molecule has 1 aromatic rings. The van der Waals surface area contributed by atoms with Crippen LogP contribution in [0, 0.1) is 5.41 Å². The van der Waals surface area contributed by atoms with Crippen molar-refractivity contribution in [1.29, 1.82) is 0 Å². The van der Waals surface area contributed by atoms with Crippen LogP contribution in [0.5, 0.6) is 5.88 Å². The van der Waals surface area contributed by atoms with Gasteiger partial charge in [0, 0.05) is 12.1 Å². The van der Waals surface area contributed by atoms with Crippen molar-refractivity contribution >= 4 is 5.82 Å². The van der Waals surface area contributed by atoms with Crippen molar-refractivity contribution in [2.24, 2.45) is 11.1 Å². The molecule has 0 aliphatic rings. The van der Waals surface area contributed by atoms with E-state index in [1.54, 1.807) is 0 Å². The molecule has 0 saturated carbocycles. The van der Waals surface area contributed by atoms with E-state index in [2.05, 4.69) is 36.1 Å². The molecule has 5 heteroatoms. The Bertz CT molecular complexity index is 362. The molecule has 0 bridgehead atoms. The van der Waals surface area contributed by atoms with Crippen molar-refractivity contribution in [3.05, 3.63) is 12.4 Å². The van der Waals surface area contributed by atoms with Crippen LogP contribution in [0.15, 0.2) is 12.4 Å². The van der Waals surface area contributed by atoms with Crippen LogP contribution in [0.25, 0.3) is 0 Å². The first kappa shape index (κ1) is 14.7. The first-order chi connectivity index (χ1) is 8.47. The number of nitrogens with two attached hydrogens (primary N) is 1. The van der Waals surface area contributed by atoms with Gasteiger partial charge in [-0.3, -0.25) is 0 Å². The lowest BCUT2D eigenvalue weighted by Crippen LogP contribution is -2.36. The van der Waals surface area contributed by atoms with Crippen LogP contribution < -0.4 is 15.8 Å². The molecule has 0 fully saturated rings. The van der Waals surface area contributed by atoms with Gasteiger partial charge in [0.05, 0.1) is 6.61 Å². The molecule has 18 heavy (non-hydrogen) atoms. The first-order valence-electron chi connectivity index (χ1n) is 6.38. The minimum atomic E-state index is 0.121. The second-order valence-electron chi connectivity index (χ2n) is 5.31. The first-order valence-corrected chi connectivity index (χ1v) is 6.38. The predicted octanol–water partition coefficient (Wildman–Crippen LogP) is 2.05. The van der Waals surface area contributed by atoms with Crippen molar-refractivity contribution in [2.45, 2.75) is 40.2 Å². The number of anilines is 1. The Morgan fingerprint density at radius 1 is 1.39 bits per heavy atom. The molecule has 0 saturated heterocycles. The molecule has 0 aliphatic carbocycles. The van der Waals surface area contributed by atoms with Gasteiger partial charge in [-0.1, -0.05) is 20.8 Å². The van der Waals surface area contributed by atoms with E-state index in [4.69, 9.17) is 10.5 Å². The summed E-state index contributed by atoms with van der Waals surface area (Å²) in [6.45, 7) is 9.74. The van der Waals surface area contributed by atoms with Crippen molar-refractivity contribution < 1.29 is 4.74 Å². The average Bonchev–Trinajstić information content (AvgIpc) is 2.28. The normalized spacial score (nSPS) is 13.2. The number of nitrogens with zero attached hydrogens (tertiary/aromatic N) is 2. The molecule has 1 atom stereocenters. The summed E-state index contributed by atoms with van der Waals surface area (Å²) in [5.41, 5.74) is 5.78. The second-order valence-corrected chi connectivity index (χ2v) is 5.31. The van der Waals surface area contributed by atoms with Crippen LogP contribution in [0.1, 0.15) is 34.1 Å². The number of nitrogens with one attached hydrogen (secondary N) is 1. The topological polar surface area (TPSA) is 73.1 Å². The van der Waals surface area contributed by atoms with Crippen molar-refractivity contribution in [3.63, 3.8) is 0 Å². The van der Waals surface area contributed by atoms with Gasteiger partial charge in [0.15, 0.2) is 0 Å². The SMILES string of the molecule is CCOc1cc(NC(CCN)C(C)(C)C)ncn1. The molecule has 1 rings (SSSR count). The molecule has 1 aromatic heterocycles. The fraction of sp³-hybridized carbons (Fsp3) is 0.692. The quantitative estimate of drug-likeness (QED) is 0.810. The van der Waals surface area contributed by atoms with E-state index >= 15 is 0 Å². The van der Waals surface area contributed by atoms with Crippen LogP contribution >= 0.6 is 0 Å². The maximum Gasteiger partial charge on any atom is 0.218 e. The van der Waals surface area contributed by atoms with Crippen molar-refractivity contribution in [1.82, 2.24) is 9.97 Å². The van der Waals surface area contributed by atoms with Crippen LogP contribution in [0.3, 0.4) is 0 Å². The molecule has 0 aliphatic heterocycles. The molecule has 102 valence electrons. The van der Waals surface area contributed by atoms with Crippen molar-refractivity contribution in [2.75, 3.05) is 18.5 Å². The molecule has 0 aromatic carbocycles. The van der Waals surface area contributed by atoms with E-state index in [-0.39, 0.29) is 11.5 Å². The molecular weight excluding hydrogens is 228 g/mol. The zero-order valence-corrected chi connectivity index (χ0v) is 11.7. The smallest absolute Gasteiger partial charge is 0.218 e. The third-order valence-corrected chi connectivity index (χ3v) is 2.76. The molecule has 0 amide bonds. The number of hydrogen-bond donors (Lipinski definition) is 2. The summed E-state index contributed by atoms with van der Waals surface area (Å²) in [7, 11) is 0. The highest BCUT2D eigenvalue weighted by Gasteiger charge is 2.24. The Hall–Kier alpha value is -1.36. The Balaban J connectivity index is 2.77. The molecule has 1 unspecified atom stereocenters. The van der Waals surface area contributed by atoms with Gasteiger partial charge in [-0.15, -0.1) is 0 Å². The van der Waals surface area contributed by atoms with Gasteiger partial charge < -0.3 is 15.8 Å². The summed E-state index contributed by atoms with van der Waals surface area (Å²) in [6, 6.07) is 2.09. The van der Waals surface area contributed by atoms with E-state index in [0.717, 1.165) is 12.2 Å². The monoisotopic (exact) mass is 252 g/mol. The minimum Gasteiger partial charge on any atom is -0.478 e. The number of aromatic nitrogens is 2. The van der Waals surface area contributed by atoms with Crippen molar-refractivity contribution in [3.8, 4) is 5.88 Å². The number of hydrogen-bond acceptors (Lipinski definition) is 5. The Kier molecular flexibility index (Phi) is 5.34. The van der Waals surface area contributed by atoms with Crippen LogP contribution in [0.2, 0.25) is 0 Å². The van der Waals surface area contributed by atoms with Gasteiger partial charge in [0.1, 0.15) is 12.1 Å². The summed E-state index contributed by atoms with van der Waals surface area (Å²) < 4.78 is 5.36. The lowest BCUT2D eigenvalue weighted by molar-refractivity contribution is 0.322. The Morgan fingerprint density at radius 2 is 2.11 bits per heavy atom. The maximum atomic E-state index is 5.66. The maximum absolute atomic E-state index is 5.66. The number of ether oxygens (including phenoxy) is 1. The zero-order chi connectivity index (χ0) is 13.6. The van der Waals surface area contributed by atoms with Gasteiger partial charge >= 0.3 is 0 Å². The van der Waals surface area contributed by atoms with E-state index in [9.17, 15) is 0 Å². The minimum absolute atomic E-state index is 0.121. The summed E-state index contributed by atoms with van der Waals surface area (Å²) in [5.74, 6) is 1.37. The molecule has 5 nitrogen and oxygen atoms in total. The lowest BCUT2D eigenvalue weighted by atomic mass is 9.85. The van der Waals surface area contributed by atoms with E-state index in [1.807, 2.05) is 13.0 Å².